The Bertz CT molecular complexity index is 531. The van der Waals surface area contributed by atoms with E-state index in [4.69, 9.17) is 0 Å². The fraction of sp³-hybridized carbons (Fsp3) is 0.500. The first-order valence-electron chi connectivity index (χ1n) is 7.47. The second-order valence-corrected chi connectivity index (χ2v) is 6.44. The standard InChI is InChI=1S/C16H22N2O2S/c1-3-4-5-6-11(2)17-16(20)12-7-8-14-13(9-12)18-15(19)10-21-14/h7-9,11H,3-6,10H2,1-2H3,(H,17,20)(H,18,19). The van der Waals surface area contributed by atoms with Crippen LogP contribution in [0.5, 0.6) is 0 Å². The molecule has 2 N–H and O–H groups in total. The third-order valence-electron chi connectivity index (χ3n) is 3.49. The van der Waals surface area contributed by atoms with Gasteiger partial charge in [-0.05, 0) is 31.5 Å². The number of carbonyl (C=O) groups excluding carboxylic acids is 2. The van der Waals surface area contributed by atoms with Crippen molar-refractivity contribution in [3.8, 4) is 0 Å². The summed E-state index contributed by atoms with van der Waals surface area (Å²) in [6, 6.07) is 5.64. The predicted molar refractivity (Wildman–Crippen MR) is 86.9 cm³/mol. The predicted octanol–water partition coefficient (Wildman–Crippen LogP) is 3.43. The van der Waals surface area contributed by atoms with Crippen LogP contribution in [0.25, 0.3) is 0 Å². The van der Waals surface area contributed by atoms with Gasteiger partial charge < -0.3 is 10.6 Å². The van der Waals surface area contributed by atoms with Crippen LogP contribution < -0.4 is 10.6 Å². The Morgan fingerprint density at radius 3 is 3.00 bits per heavy atom. The fourth-order valence-electron chi connectivity index (χ4n) is 2.30. The van der Waals surface area contributed by atoms with Crippen molar-refractivity contribution in [3.05, 3.63) is 23.8 Å². The van der Waals surface area contributed by atoms with Crippen LogP contribution >= 0.6 is 11.8 Å². The van der Waals surface area contributed by atoms with E-state index < -0.39 is 0 Å². The number of carbonyl (C=O) groups is 2. The number of benzene rings is 1. The quantitative estimate of drug-likeness (QED) is 0.792. The van der Waals surface area contributed by atoms with E-state index in [1.807, 2.05) is 19.1 Å². The molecule has 2 amide bonds. The van der Waals surface area contributed by atoms with Gasteiger partial charge in [0.1, 0.15) is 0 Å². The smallest absolute Gasteiger partial charge is 0.251 e. The first-order valence-corrected chi connectivity index (χ1v) is 8.46. The maximum Gasteiger partial charge on any atom is 0.251 e. The molecule has 0 aliphatic carbocycles. The molecule has 1 heterocycles. The zero-order valence-corrected chi connectivity index (χ0v) is 13.4. The van der Waals surface area contributed by atoms with Crippen molar-refractivity contribution in [2.75, 3.05) is 11.1 Å². The molecule has 1 aliphatic rings. The van der Waals surface area contributed by atoms with Gasteiger partial charge >= 0.3 is 0 Å². The highest BCUT2D eigenvalue weighted by Crippen LogP contribution is 2.31. The van der Waals surface area contributed by atoms with Gasteiger partial charge in [0.15, 0.2) is 0 Å². The maximum absolute atomic E-state index is 12.2. The lowest BCUT2D eigenvalue weighted by atomic mass is 10.1. The molecule has 5 heteroatoms. The summed E-state index contributed by atoms with van der Waals surface area (Å²) in [6.45, 7) is 4.20. The number of unbranched alkanes of at least 4 members (excludes halogenated alkanes) is 2. The van der Waals surface area contributed by atoms with Crippen LogP contribution in [-0.4, -0.2) is 23.6 Å². The molecule has 0 aromatic heterocycles. The number of hydrogen-bond donors (Lipinski definition) is 2. The largest absolute Gasteiger partial charge is 0.350 e. The summed E-state index contributed by atoms with van der Waals surface area (Å²) >= 11 is 1.50. The van der Waals surface area contributed by atoms with Crippen LogP contribution in [0.2, 0.25) is 0 Å². The van der Waals surface area contributed by atoms with Gasteiger partial charge in [-0.25, -0.2) is 0 Å². The molecule has 1 aromatic rings. The van der Waals surface area contributed by atoms with Gasteiger partial charge in [0, 0.05) is 16.5 Å². The summed E-state index contributed by atoms with van der Waals surface area (Å²) in [6.07, 6.45) is 4.51. The molecule has 1 atom stereocenters. The van der Waals surface area contributed by atoms with Crippen molar-refractivity contribution in [3.63, 3.8) is 0 Å². The minimum Gasteiger partial charge on any atom is -0.350 e. The van der Waals surface area contributed by atoms with Gasteiger partial charge in [0.25, 0.3) is 5.91 Å². The third kappa shape index (κ3) is 4.49. The topological polar surface area (TPSA) is 58.2 Å². The van der Waals surface area contributed by atoms with E-state index >= 15 is 0 Å². The SMILES string of the molecule is CCCCCC(C)NC(=O)c1ccc2c(c1)NC(=O)CS2. The van der Waals surface area contributed by atoms with Crippen LogP contribution in [0, 0.1) is 0 Å². The number of thioether (sulfide) groups is 1. The van der Waals surface area contributed by atoms with Crippen LogP contribution in [0.4, 0.5) is 5.69 Å². The van der Waals surface area contributed by atoms with E-state index in [0.717, 1.165) is 23.4 Å². The van der Waals surface area contributed by atoms with Crippen molar-refractivity contribution in [1.29, 1.82) is 0 Å². The summed E-state index contributed by atoms with van der Waals surface area (Å²) in [5.41, 5.74) is 1.33. The summed E-state index contributed by atoms with van der Waals surface area (Å²) in [4.78, 5) is 24.6. The van der Waals surface area contributed by atoms with Crippen LogP contribution in [0.3, 0.4) is 0 Å². The second-order valence-electron chi connectivity index (χ2n) is 5.42. The number of fused-ring (bicyclic) bond motifs is 1. The molecule has 0 spiro atoms. The lowest BCUT2D eigenvalue weighted by molar-refractivity contribution is -0.113. The van der Waals surface area contributed by atoms with Gasteiger partial charge in [0.05, 0.1) is 11.4 Å². The number of hydrogen-bond acceptors (Lipinski definition) is 3. The van der Waals surface area contributed by atoms with E-state index in [9.17, 15) is 9.59 Å². The zero-order valence-electron chi connectivity index (χ0n) is 12.6. The van der Waals surface area contributed by atoms with E-state index in [1.54, 1.807) is 6.07 Å². The van der Waals surface area contributed by atoms with Crippen molar-refractivity contribution in [2.24, 2.45) is 0 Å². The number of rotatable bonds is 6. The minimum atomic E-state index is -0.0772. The van der Waals surface area contributed by atoms with Gasteiger partial charge in [-0.15, -0.1) is 11.8 Å². The van der Waals surface area contributed by atoms with E-state index in [-0.39, 0.29) is 17.9 Å². The van der Waals surface area contributed by atoms with E-state index in [1.165, 1.54) is 24.6 Å². The molecular weight excluding hydrogens is 284 g/mol. The average molecular weight is 306 g/mol. The second kappa shape index (κ2) is 7.50. The normalized spacial score (nSPS) is 15.0. The van der Waals surface area contributed by atoms with Crippen LogP contribution in [0.1, 0.15) is 49.9 Å². The van der Waals surface area contributed by atoms with Gasteiger partial charge in [-0.2, -0.15) is 0 Å². The van der Waals surface area contributed by atoms with Crippen molar-refractivity contribution in [2.45, 2.75) is 50.5 Å². The number of anilines is 1. The molecule has 1 aromatic carbocycles. The minimum absolute atomic E-state index is 0.0157. The molecule has 0 saturated heterocycles. The molecule has 0 fully saturated rings. The molecule has 0 radical (unpaired) electrons. The van der Waals surface area contributed by atoms with Gasteiger partial charge in [0.2, 0.25) is 5.91 Å². The molecular formula is C16H22N2O2S. The summed E-state index contributed by atoms with van der Waals surface area (Å²) in [5, 5.41) is 5.83. The zero-order chi connectivity index (χ0) is 15.2. The first kappa shape index (κ1) is 15.9. The molecule has 0 saturated carbocycles. The van der Waals surface area contributed by atoms with E-state index in [2.05, 4.69) is 17.6 Å². The Morgan fingerprint density at radius 1 is 1.43 bits per heavy atom. The summed E-state index contributed by atoms with van der Waals surface area (Å²) < 4.78 is 0. The Labute approximate surface area is 130 Å². The van der Waals surface area contributed by atoms with Gasteiger partial charge in [-0.3, -0.25) is 9.59 Å². The molecule has 4 nitrogen and oxygen atoms in total. The maximum atomic E-state index is 12.2. The molecule has 1 unspecified atom stereocenters. The van der Waals surface area contributed by atoms with Crippen molar-refractivity contribution < 1.29 is 9.59 Å². The average Bonchev–Trinajstić information content (AvgIpc) is 2.46. The van der Waals surface area contributed by atoms with Crippen LogP contribution in [0.15, 0.2) is 23.1 Å². The lowest BCUT2D eigenvalue weighted by Gasteiger charge is -2.18. The molecule has 1 aliphatic heterocycles. The Kier molecular flexibility index (Phi) is 5.67. The fourth-order valence-corrected chi connectivity index (χ4v) is 3.09. The Balaban J connectivity index is 1.96. The first-order chi connectivity index (χ1) is 10.1. The lowest BCUT2D eigenvalue weighted by Crippen LogP contribution is -2.32. The molecule has 2 rings (SSSR count). The van der Waals surface area contributed by atoms with E-state index in [0.29, 0.717) is 11.3 Å². The Morgan fingerprint density at radius 2 is 2.24 bits per heavy atom. The highest BCUT2D eigenvalue weighted by atomic mass is 32.2. The summed E-state index contributed by atoms with van der Waals surface area (Å²) in [7, 11) is 0. The highest BCUT2D eigenvalue weighted by Gasteiger charge is 2.17. The number of amides is 2. The molecule has 21 heavy (non-hydrogen) atoms. The third-order valence-corrected chi connectivity index (χ3v) is 4.57. The van der Waals surface area contributed by atoms with Crippen molar-refractivity contribution in [1.82, 2.24) is 5.32 Å². The monoisotopic (exact) mass is 306 g/mol. The van der Waals surface area contributed by atoms with Crippen molar-refractivity contribution >= 4 is 29.3 Å². The van der Waals surface area contributed by atoms with Gasteiger partial charge in [-0.1, -0.05) is 26.2 Å². The van der Waals surface area contributed by atoms with Crippen LogP contribution in [-0.2, 0) is 4.79 Å². The Hall–Kier alpha value is -1.49. The molecule has 114 valence electrons. The highest BCUT2D eigenvalue weighted by molar-refractivity contribution is 8.00. The summed E-state index contributed by atoms with van der Waals surface area (Å²) in [5.74, 6) is 0.345. The number of nitrogens with one attached hydrogen (secondary N) is 2. The molecule has 0 bridgehead atoms.